The van der Waals surface area contributed by atoms with Crippen LogP contribution in [0.2, 0.25) is 0 Å². The van der Waals surface area contributed by atoms with Crippen molar-refractivity contribution in [1.82, 2.24) is 0 Å². The smallest absolute Gasteiger partial charge is 0.185 e. The van der Waals surface area contributed by atoms with Crippen LogP contribution < -0.4 is 0 Å². The van der Waals surface area contributed by atoms with Gasteiger partial charge in [0, 0.05) is 22.7 Å². The van der Waals surface area contributed by atoms with Crippen LogP contribution in [0.5, 0.6) is 0 Å². The zero-order valence-corrected chi connectivity index (χ0v) is 12.4. The Morgan fingerprint density at radius 1 is 1.27 bits per heavy atom. The molecule has 0 rings (SSSR count). The molecule has 15 heavy (non-hydrogen) atoms. The van der Waals surface area contributed by atoms with Gasteiger partial charge in [-0.3, -0.25) is 4.79 Å². The van der Waals surface area contributed by atoms with Gasteiger partial charge in [0.2, 0.25) is 0 Å². The van der Waals surface area contributed by atoms with Crippen molar-refractivity contribution in [3.8, 4) is 0 Å². The molecule has 0 amide bonds. The molecule has 0 saturated heterocycles. The van der Waals surface area contributed by atoms with Crippen molar-refractivity contribution in [3.05, 3.63) is 0 Å². The van der Waals surface area contributed by atoms with Crippen molar-refractivity contribution < 1.29 is 4.79 Å². The maximum atomic E-state index is 11.0. The van der Waals surface area contributed by atoms with E-state index in [2.05, 4.69) is 34.6 Å². The van der Waals surface area contributed by atoms with Gasteiger partial charge in [-0.05, 0) is 12.3 Å². The minimum Gasteiger partial charge on any atom is -0.288 e. The van der Waals surface area contributed by atoms with E-state index >= 15 is 0 Å². The van der Waals surface area contributed by atoms with E-state index < -0.39 is 0 Å². The number of rotatable bonds is 5. The molecule has 0 aliphatic rings. The molecule has 90 valence electrons. The predicted octanol–water partition coefficient (Wildman–Crippen LogP) is 4.21. The molecule has 0 N–H and O–H groups in total. The molecule has 0 aromatic heterocycles. The summed E-state index contributed by atoms with van der Waals surface area (Å²) in [6.07, 6.45) is 1.20. The average Bonchev–Trinajstić information content (AvgIpc) is 1.95. The third-order valence-electron chi connectivity index (χ3n) is 1.73. The van der Waals surface area contributed by atoms with Crippen LogP contribution in [0.15, 0.2) is 0 Å². The quantitative estimate of drug-likeness (QED) is 0.725. The van der Waals surface area contributed by atoms with E-state index in [1.54, 1.807) is 6.92 Å². The third-order valence-corrected chi connectivity index (χ3v) is 4.31. The molecule has 0 aromatic carbocycles. The molecule has 0 unspecified atom stereocenters. The van der Waals surface area contributed by atoms with Gasteiger partial charge < -0.3 is 0 Å². The van der Waals surface area contributed by atoms with Crippen molar-refractivity contribution in [1.29, 1.82) is 0 Å². The number of hydrogen-bond acceptors (Lipinski definition) is 3. The topological polar surface area (TPSA) is 17.1 Å². The van der Waals surface area contributed by atoms with Gasteiger partial charge in [0.15, 0.2) is 5.12 Å². The summed E-state index contributed by atoms with van der Waals surface area (Å²) in [7, 11) is 0. The van der Waals surface area contributed by atoms with Crippen molar-refractivity contribution in [2.45, 2.75) is 58.0 Å². The number of thioether (sulfide) groups is 2. The largest absolute Gasteiger partial charge is 0.288 e. The first-order chi connectivity index (χ1) is 6.70. The Morgan fingerprint density at radius 2 is 1.80 bits per heavy atom. The van der Waals surface area contributed by atoms with Gasteiger partial charge in [0.05, 0.1) is 0 Å². The Kier molecular flexibility index (Phi) is 7.02. The first-order valence-electron chi connectivity index (χ1n) is 5.52. The number of hydrogen-bond donors (Lipinski definition) is 0. The van der Waals surface area contributed by atoms with Gasteiger partial charge in [0.25, 0.3) is 0 Å². The van der Waals surface area contributed by atoms with Crippen LogP contribution in [-0.4, -0.2) is 20.9 Å². The minimum atomic E-state index is 0.235. The third kappa shape index (κ3) is 10.6. The Bertz CT molecular complexity index is 194. The molecule has 0 aromatic rings. The summed E-state index contributed by atoms with van der Waals surface area (Å²) in [5.74, 6) is 1.66. The highest BCUT2D eigenvalue weighted by Crippen LogP contribution is 2.33. The summed E-state index contributed by atoms with van der Waals surface area (Å²) in [6, 6.07) is 0. The van der Waals surface area contributed by atoms with Gasteiger partial charge in [-0.1, -0.05) is 46.4 Å². The van der Waals surface area contributed by atoms with Crippen LogP contribution in [-0.2, 0) is 4.79 Å². The van der Waals surface area contributed by atoms with Crippen LogP contribution in [0.25, 0.3) is 0 Å². The normalized spacial score (nSPS) is 14.3. The molecule has 0 heterocycles. The maximum absolute atomic E-state index is 11.0. The fraction of sp³-hybridized carbons (Fsp3) is 0.917. The standard InChI is InChI=1S/C12H24OS2/c1-9(2)7-11(8-14-10(3)13)15-12(4,5)6/h9,11H,7-8H2,1-6H3/t11-/m1/s1. The molecule has 0 radical (unpaired) electrons. The summed E-state index contributed by atoms with van der Waals surface area (Å²) in [5.41, 5.74) is 0. The first kappa shape index (κ1) is 15.4. The fourth-order valence-electron chi connectivity index (χ4n) is 1.39. The van der Waals surface area contributed by atoms with Crippen LogP contribution in [0.1, 0.15) is 48.0 Å². The molecule has 0 saturated carbocycles. The summed E-state index contributed by atoms with van der Waals surface area (Å²) < 4.78 is 0.289. The van der Waals surface area contributed by atoms with E-state index in [0.29, 0.717) is 11.2 Å². The van der Waals surface area contributed by atoms with Crippen molar-refractivity contribution >= 4 is 28.6 Å². The molecular weight excluding hydrogens is 224 g/mol. The van der Waals surface area contributed by atoms with E-state index in [1.165, 1.54) is 18.2 Å². The van der Waals surface area contributed by atoms with Gasteiger partial charge in [0.1, 0.15) is 0 Å². The molecule has 0 aliphatic heterocycles. The molecule has 1 nitrogen and oxygen atoms in total. The lowest BCUT2D eigenvalue weighted by Crippen LogP contribution is -2.19. The van der Waals surface area contributed by atoms with Crippen LogP contribution in [0, 0.1) is 5.92 Å². The highest BCUT2D eigenvalue weighted by atomic mass is 32.2. The van der Waals surface area contributed by atoms with E-state index in [1.807, 2.05) is 11.8 Å². The zero-order chi connectivity index (χ0) is 12.1. The SMILES string of the molecule is CC(=O)SC[C@@H](CC(C)C)SC(C)(C)C. The summed E-state index contributed by atoms with van der Waals surface area (Å²) >= 11 is 3.46. The van der Waals surface area contributed by atoms with Gasteiger partial charge in [-0.2, -0.15) is 11.8 Å². The highest BCUT2D eigenvalue weighted by Gasteiger charge is 2.20. The lowest BCUT2D eigenvalue weighted by Gasteiger charge is -2.26. The lowest BCUT2D eigenvalue weighted by atomic mass is 10.1. The second-order valence-corrected chi connectivity index (χ2v) is 8.61. The average molecular weight is 248 g/mol. The minimum absolute atomic E-state index is 0.235. The second kappa shape index (κ2) is 6.85. The molecule has 0 spiro atoms. The first-order valence-corrected chi connectivity index (χ1v) is 7.38. The molecule has 0 fully saturated rings. The molecular formula is C12H24OS2. The van der Waals surface area contributed by atoms with Gasteiger partial charge in [-0.25, -0.2) is 0 Å². The lowest BCUT2D eigenvalue weighted by molar-refractivity contribution is -0.109. The maximum Gasteiger partial charge on any atom is 0.185 e. The Hall–Kier alpha value is 0.370. The van der Waals surface area contributed by atoms with E-state index in [9.17, 15) is 4.79 Å². The van der Waals surface area contributed by atoms with Crippen LogP contribution >= 0.6 is 23.5 Å². The van der Waals surface area contributed by atoms with Crippen molar-refractivity contribution in [2.75, 3.05) is 5.75 Å². The van der Waals surface area contributed by atoms with E-state index in [4.69, 9.17) is 0 Å². The summed E-state index contributed by atoms with van der Waals surface area (Å²) in [6.45, 7) is 12.9. The molecule has 1 atom stereocenters. The molecule has 0 aliphatic carbocycles. The van der Waals surface area contributed by atoms with Crippen LogP contribution in [0.3, 0.4) is 0 Å². The zero-order valence-electron chi connectivity index (χ0n) is 10.8. The Labute approximate surface area is 103 Å². The molecule has 3 heteroatoms. The van der Waals surface area contributed by atoms with E-state index in [-0.39, 0.29) is 9.86 Å². The predicted molar refractivity (Wildman–Crippen MR) is 73.7 cm³/mol. The summed E-state index contributed by atoms with van der Waals surface area (Å²) in [5, 5.41) is 0.831. The second-order valence-electron chi connectivity index (χ2n) is 5.28. The van der Waals surface area contributed by atoms with E-state index in [0.717, 1.165) is 5.75 Å². The Morgan fingerprint density at radius 3 is 2.13 bits per heavy atom. The number of carbonyl (C=O) groups is 1. The highest BCUT2D eigenvalue weighted by molar-refractivity contribution is 8.14. The van der Waals surface area contributed by atoms with Crippen LogP contribution in [0.4, 0.5) is 0 Å². The van der Waals surface area contributed by atoms with Gasteiger partial charge >= 0.3 is 0 Å². The Balaban J connectivity index is 4.12. The van der Waals surface area contributed by atoms with Crippen molar-refractivity contribution in [3.63, 3.8) is 0 Å². The fourth-order valence-corrected chi connectivity index (χ4v) is 3.90. The number of carbonyl (C=O) groups excluding carboxylic acids is 1. The monoisotopic (exact) mass is 248 g/mol. The van der Waals surface area contributed by atoms with Gasteiger partial charge in [-0.15, -0.1) is 0 Å². The summed E-state index contributed by atoms with van der Waals surface area (Å²) in [4.78, 5) is 11.0. The molecule has 0 bridgehead atoms. The van der Waals surface area contributed by atoms with Crippen molar-refractivity contribution in [2.24, 2.45) is 5.92 Å².